The minimum Gasteiger partial charge on any atom is -0.0622 e. The SMILES string of the molecule is CC1(C)c2cc(-c3ccc4c(c3)C(C)(C)c3cc(-c5cccc(-c6ccccc6)c5-c5ccccc5)ccc3-4)ccc2-c2ccc(-c3cccc(-c4ccccc4)c3-c3ccccc3)cc21. The monoisotopic (exact) mass is 842 g/mol. The molecule has 2 aliphatic carbocycles. The summed E-state index contributed by atoms with van der Waals surface area (Å²) < 4.78 is 0. The molecule has 0 aliphatic heterocycles. The van der Waals surface area contributed by atoms with E-state index in [-0.39, 0.29) is 10.8 Å². The van der Waals surface area contributed by atoms with E-state index < -0.39 is 0 Å². The molecule has 10 aromatic carbocycles. The zero-order valence-corrected chi connectivity index (χ0v) is 37.9. The summed E-state index contributed by atoms with van der Waals surface area (Å²) in [6, 6.07) is 85.6. The van der Waals surface area contributed by atoms with Crippen molar-refractivity contribution in [1.29, 1.82) is 0 Å². The molecule has 0 amide bonds. The first-order chi connectivity index (χ1) is 32.3. The smallest absolute Gasteiger partial charge is 0.0159 e. The van der Waals surface area contributed by atoms with Gasteiger partial charge in [0.15, 0.2) is 0 Å². The molecule has 10 aromatic rings. The van der Waals surface area contributed by atoms with Crippen molar-refractivity contribution in [1.82, 2.24) is 0 Å². The molecule has 0 saturated carbocycles. The fourth-order valence-corrected chi connectivity index (χ4v) is 11.3. The summed E-state index contributed by atoms with van der Waals surface area (Å²) in [5.74, 6) is 0. The van der Waals surface area contributed by atoms with Crippen LogP contribution in [0.3, 0.4) is 0 Å². The highest BCUT2D eigenvalue weighted by Crippen LogP contribution is 2.54. The van der Waals surface area contributed by atoms with Crippen LogP contribution in [0.25, 0.3) is 100 Å². The lowest BCUT2D eigenvalue weighted by molar-refractivity contribution is 0.660. The third-order valence-corrected chi connectivity index (χ3v) is 14.7. The van der Waals surface area contributed by atoms with E-state index >= 15 is 0 Å². The van der Waals surface area contributed by atoms with E-state index in [9.17, 15) is 0 Å². The van der Waals surface area contributed by atoms with Crippen molar-refractivity contribution in [3.63, 3.8) is 0 Å². The normalized spacial score (nSPS) is 13.7. The third-order valence-electron chi connectivity index (χ3n) is 14.7. The molecule has 0 bridgehead atoms. The fraction of sp³-hybridized carbons (Fsp3) is 0.0909. The van der Waals surface area contributed by atoms with E-state index in [1.807, 2.05) is 0 Å². The van der Waals surface area contributed by atoms with Crippen LogP contribution < -0.4 is 0 Å². The van der Waals surface area contributed by atoms with Gasteiger partial charge >= 0.3 is 0 Å². The summed E-state index contributed by atoms with van der Waals surface area (Å²) >= 11 is 0. The number of hydrogen-bond donors (Lipinski definition) is 0. The predicted molar refractivity (Wildman–Crippen MR) is 280 cm³/mol. The van der Waals surface area contributed by atoms with Crippen LogP contribution in [0.5, 0.6) is 0 Å². The van der Waals surface area contributed by atoms with Gasteiger partial charge in [-0.2, -0.15) is 0 Å². The Hall–Kier alpha value is -7.80. The summed E-state index contributed by atoms with van der Waals surface area (Å²) in [6.45, 7) is 9.62. The molecular formula is C66H50. The molecule has 0 heteroatoms. The first-order valence-electron chi connectivity index (χ1n) is 23.3. The molecule has 12 rings (SSSR count). The Balaban J connectivity index is 0.900. The average Bonchev–Trinajstić information content (AvgIpc) is 3.74. The van der Waals surface area contributed by atoms with E-state index in [1.54, 1.807) is 0 Å². The molecule has 0 aromatic heterocycles. The van der Waals surface area contributed by atoms with Gasteiger partial charge in [0, 0.05) is 10.8 Å². The second kappa shape index (κ2) is 15.4. The standard InChI is InChI=1S/C66H50/c1-65(2)59-39-47(31-35-55(59)57-37-33-49(41-61(57)65)53-29-17-27-51(43-19-9-5-10-20-43)63(53)45-23-13-7-14-24-45)48-32-36-56-58-38-34-50(42-62(58)66(3,4)60(56)40-48)54-30-18-28-52(44-21-11-6-12-22-44)64(54)46-25-15-8-16-26-46/h5-42H,1-4H3. The van der Waals surface area contributed by atoms with Crippen molar-refractivity contribution < 1.29 is 0 Å². The Kier molecular flexibility index (Phi) is 9.30. The van der Waals surface area contributed by atoms with Crippen LogP contribution in [0, 0.1) is 0 Å². The predicted octanol–water partition coefficient (Wildman–Crippen LogP) is 18.0. The van der Waals surface area contributed by atoms with Crippen molar-refractivity contribution in [2.75, 3.05) is 0 Å². The average molecular weight is 843 g/mol. The molecule has 0 spiro atoms. The minimum atomic E-state index is -0.181. The molecule has 2 aliphatic rings. The zero-order valence-electron chi connectivity index (χ0n) is 37.9. The van der Waals surface area contributed by atoms with Crippen LogP contribution in [0.1, 0.15) is 49.9 Å². The number of benzene rings is 10. The molecule has 0 nitrogen and oxygen atoms in total. The molecule has 314 valence electrons. The zero-order chi connectivity index (χ0) is 44.6. The van der Waals surface area contributed by atoms with E-state index in [1.165, 1.54) is 122 Å². The maximum atomic E-state index is 2.47. The van der Waals surface area contributed by atoms with Crippen molar-refractivity contribution in [3.8, 4) is 100 Å². The highest BCUT2D eigenvalue weighted by atomic mass is 14.4. The lowest BCUT2D eigenvalue weighted by Crippen LogP contribution is -2.15. The lowest BCUT2D eigenvalue weighted by Gasteiger charge is -2.24. The molecule has 0 fully saturated rings. The van der Waals surface area contributed by atoms with Gasteiger partial charge in [0.2, 0.25) is 0 Å². The van der Waals surface area contributed by atoms with E-state index in [2.05, 4.69) is 258 Å². The van der Waals surface area contributed by atoms with Gasteiger partial charge in [0.1, 0.15) is 0 Å². The molecule has 0 N–H and O–H groups in total. The summed E-state index contributed by atoms with van der Waals surface area (Å²) in [5, 5.41) is 0. The van der Waals surface area contributed by atoms with E-state index in [0.717, 1.165) is 0 Å². The molecule has 0 heterocycles. The van der Waals surface area contributed by atoms with Crippen LogP contribution in [0.4, 0.5) is 0 Å². The van der Waals surface area contributed by atoms with Crippen LogP contribution >= 0.6 is 0 Å². The highest BCUT2D eigenvalue weighted by molar-refractivity contribution is 5.98. The summed E-state index contributed by atoms with van der Waals surface area (Å²) in [6.07, 6.45) is 0. The van der Waals surface area contributed by atoms with Crippen molar-refractivity contribution in [2.24, 2.45) is 0 Å². The van der Waals surface area contributed by atoms with E-state index in [0.29, 0.717) is 0 Å². The van der Waals surface area contributed by atoms with Gasteiger partial charge in [0.05, 0.1) is 0 Å². The first kappa shape index (κ1) is 39.8. The van der Waals surface area contributed by atoms with Gasteiger partial charge < -0.3 is 0 Å². The second-order valence-electron chi connectivity index (χ2n) is 19.2. The number of hydrogen-bond acceptors (Lipinski definition) is 0. The highest BCUT2D eigenvalue weighted by Gasteiger charge is 2.38. The number of rotatable bonds is 7. The van der Waals surface area contributed by atoms with Gasteiger partial charge in [-0.25, -0.2) is 0 Å². The van der Waals surface area contributed by atoms with Crippen LogP contribution in [0.2, 0.25) is 0 Å². The van der Waals surface area contributed by atoms with Gasteiger partial charge in [-0.15, -0.1) is 0 Å². The summed E-state index contributed by atoms with van der Waals surface area (Å²) in [4.78, 5) is 0. The maximum Gasteiger partial charge on any atom is 0.0159 e. The van der Waals surface area contributed by atoms with Gasteiger partial charge in [-0.1, -0.05) is 234 Å². The third kappa shape index (κ3) is 6.35. The Morgan fingerprint density at radius 3 is 0.773 bits per heavy atom. The van der Waals surface area contributed by atoms with Crippen molar-refractivity contribution in [2.45, 2.75) is 38.5 Å². The largest absolute Gasteiger partial charge is 0.0622 e. The second-order valence-corrected chi connectivity index (χ2v) is 19.2. The summed E-state index contributed by atoms with van der Waals surface area (Å²) in [7, 11) is 0. The van der Waals surface area contributed by atoms with Crippen LogP contribution in [-0.2, 0) is 10.8 Å². The maximum absolute atomic E-state index is 2.47. The molecule has 0 radical (unpaired) electrons. The Morgan fingerprint density at radius 2 is 0.455 bits per heavy atom. The van der Waals surface area contributed by atoms with Gasteiger partial charge in [0.25, 0.3) is 0 Å². The molecule has 66 heavy (non-hydrogen) atoms. The van der Waals surface area contributed by atoms with Gasteiger partial charge in [-0.05, 0) is 147 Å². The van der Waals surface area contributed by atoms with Crippen molar-refractivity contribution >= 4 is 0 Å². The Morgan fingerprint density at radius 1 is 0.197 bits per heavy atom. The minimum absolute atomic E-state index is 0.181. The number of fused-ring (bicyclic) bond motifs is 6. The van der Waals surface area contributed by atoms with Crippen LogP contribution in [-0.4, -0.2) is 0 Å². The quantitative estimate of drug-likeness (QED) is 0.150. The molecule has 0 saturated heterocycles. The molecule has 0 atom stereocenters. The fourth-order valence-electron chi connectivity index (χ4n) is 11.3. The van der Waals surface area contributed by atoms with Crippen LogP contribution in [0.15, 0.2) is 231 Å². The lowest BCUT2D eigenvalue weighted by atomic mass is 9.79. The van der Waals surface area contributed by atoms with Crippen molar-refractivity contribution in [3.05, 3.63) is 253 Å². The molecular weight excluding hydrogens is 793 g/mol. The molecule has 0 unspecified atom stereocenters. The first-order valence-corrected chi connectivity index (χ1v) is 23.3. The van der Waals surface area contributed by atoms with Gasteiger partial charge in [-0.3, -0.25) is 0 Å². The Labute approximate surface area is 389 Å². The van der Waals surface area contributed by atoms with E-state index in [4.69, 9.17) is 0 Å². The summed E-state index contributed by atoms with van der Waals surface area (Å²) in [5.41, 5.74) is 28.0. The topological polar surface area (TPSA) is 0 Å². The Bertz CT molecular complexity index is 3250.